The topological polar surface area (TPSA) is 60.9 Å². The molecule has 0 aliphatic rings. The van der Waals surface area contributed by atoms with Gasteiger partial charge in [-0.15, -0.1) is 0 Å². The van der Waals surface area contributed by atoms with Crippen LogP contribution in [0.25, 0.3) is 0 Å². The van der Waals surface area contributed by atoms with Gasteiger partial charge in [0.1, 0.15) is 6.33 Å². The molecular weight excluding hydrogens is 130 g/mol. The van der Waals surface area contributed by atoms with Gasteiger partial charge in [0.25, 0.3) is 0 Å². The van der Waals surface area contributed by atoms with Gasteiger partial charge < -0.3 is 5.84 Å². The van der Waals surface area contributed by atoms with Crippen molar-refractivity contribution in [1.82, 2.24) is 9.66 Å². The van der Waals surface area contributed by atoms with Crippen molar-refractivity contribution in [3.8, 4) is 0 Å². The molecule has 1 radical (unpaired) electrons. The second-order valence-corrected chi connectivity index (χ2v) is 1.94. The van der Waals surface area contributed by atoms with E-state index in [2.05, 4.69) is 4.98 Å². The molecule has 4 heteroatoms. The molecule has 0 spiro atoms. The van der Waals surface area contributed by atoms with Gasteiger partial charge >= 0.3 is 0 Å². The number of hydrogen-bond donors (Lipinski definition) is 1. The van der Waals surface area contributed by atoms with Gasteiger partial charge in [0.15, 0.2) is 6.29 Å². The number of nitrogen functional groups attached to an aromatic ring is 1. The molecule has 0 unspecified atom stereocenters. The predicted molar refractivity (Wildman–Crippen MR) is 36.4 cm³/mol. The summed E-state index contributed by atoms with van der Waals surface area (Å²) in [5.74, 6) is 5.41. The molecular formula is C6H8N3O. The molecule has 0 saturated carbocycles. The lowest BCUT2D eigenvalue weighted by molar-refractivity contribution is 0.550. The van der Waals surface area contributed by atoms with Crippen molar-refractivity contribution in [2.45, 2.75) is 12.8 Å². The molecule has 1 heterocycles. The monoisotopic (exact) mass is 138 g/mol. The van der Waals surface area contributed by atoms with Crippen LogP contribution in [-0.4, -0.2) is 15.9 Å². The van der Waals surface area contributed by atoms with Crippen LogP contribution in [-0.2, 0) is 11.2 Å². The Morgan fingerprint density at radius 1 is 1.80 bits per heavy atom. The summed E-state index contributed by atoms with van der Waals surface area (Å²) in [5.41, 5.74) is 0.850. The van der Waals surface area contributed by atoms with Crippen molar-refractivity contribution in [3.05, 3.63) is 18.2 Å². The van der Waals surface area contributed by atoms with Gasteiger partial charge in [-0.05, 0) is 6.42 Å². The van der Waals surface area contributed by atoms with Crippen molar-refractivity contribution in [2.24, 2.45) is 0 Å². The third-order valence-corrected chi connectivity index (χ3v) is 1.23. The number of imidazole rings is 1. The van der Waals surface area contributed by atoms with Gasteiger partial charge in [0.05, 0.1) is 11.9 Å². The minimum Gasteiger partial charge on any atom is -0.338 e. The standard InChI is InChI=1S/C6H8N3O/c7-9-5-8-4-6(9)2-1-3-10/h4-5H,1-2,7H2. The summed E-state index contributed by atoms with van der Waals surface area (Å²) in [7, 11) is 0. The maximum atomic E-state index is 9.82. The Morgan fingerprint density at radius 3 is 3.10 bits per heavy atom. The van der Waals surface area contributed by atoms with Crippen LogP contribution in [0, 0.1) is 0 Å². The summed E-state index contributed by atoms with van der Waals surface area (Å²) in [6, 6.07) is 0. The first-order chi connectivity index (χ1) is 4.84. The molecule has 2 N–H and O–H groups in total. The Kier molecular flexibility index (Phi) is 2.04. The number of aromatic nitrogens is 2. The lowest BCUT2D eigenvalue weighted by Gasteiger charge is -1.95. The zero-order valence-corrected chi connectivity index (χ0v) is 5.45. The Bertz CT molecular complexity index is 219. The van der Waals surface area contributed by atoms with Crippen LogP contribution >= 0.6 is 0 Å². The molecule has 1 aromatic rings. The second kappa shape index (κ2) is 3.00. The van der Waals surface area contributed by atoms with E-state index in [9.17, 15) is 4.79 Å². The Balaban J connectivity index is 2.56. The average molecular weight is 138 g/mol. The lowest BCUT2D eigenvalue weighted by Crippen LogP contribution is -2.10. The van der Waals surface area contributed by atoms with E-state index in [4.69, 9.17) is 5.84 Å². The van der Waals surface area contributed by atoms with E-state index in [1.165, 1.54) is 11.0 Å². The minimum absolute atomic E-state index is 0.378. The molecule has 1 rings (SSSR count). The Morgan fingerprint density at radius 2 is 2.60 bits per heavy atom. The number of aryl methyl sites for hydroxylation is 1. The van der Waals surface area contributed by atoms with Crippen LogP contribution in [0.5, 0.6) is 0 Å². The molecule has 4 nitrogen and oxygen atoms in total. The van der Waals surface area contributed by atoms with E-state index in [0.717, 1.165) is 5.69 Å². The van der Waals surface area contributed by atoms with Crippen molar-refractivity contribution < 1.29 is 4.79 Å². The number of nitrogens with zero attached hydrogens (tertiary/aromatic N) is 2. The number of nitrogens with two attached hydrogens (primary N) is 1. The zero-order chi connectivity index (χ0) is 7.40. The van der Waals surface area contributed by atoms with Gasteiger partial charge in [0.2, 0.25) is 0 Å². The van der Waals surface area contributed by atoms with E-state index in [0.29, 0.717) is 12.8 Å². The van der Waals surface area contributed by atoms with Gasteiger partial charge in [-0.1, -0.05) is 0 Å². The Labute approximate surface area is 58.6 Å². The van der Waals surface area contributed by atoms with Gasteiger partial charge in [-0.2, -0.15) is 0 Å². The molecule has 10 heavy (non-hydrogen) atoms. The van der Waals surface area contributed by atoms with Gasteiger partial charge in [-0.3, -0.25) is 9.47 Å². The molecule has 0 aromatic carbocycles. The first kappa shape index (κ1) is 6.80. The molecule has 0 saturated heterocycles. The van der Waals surface area contributed by atoms with Crippen LogP contribution < -0.4 is 5.84 Å². The van der Waals surface area contributed by atoms with Crippen LogP contribution in [0.3, 0.4) is 0 Å². The van der Waals surface area contributed by atoms with Crippen LogP contribution in [0.1, 0.15) is 12.1 Å². The highest BCUT2D eigenvalue weighted by molar-refractivity contribution is 5.50. The molecule has 0 bridgehead atoms. The van der Waals surface area contributed by atoms with E-state index >= 15 is 0 Å². The van der Waals surface area contributed by atoms with Crippen molar-refractivity contribution >= 4 is 6.29 Å². The summed E-state index contributed by atoms with van der Waals surface area (Å²) in [6.45, 7) is 0. The average Bonchev–Trinajstić information content (AvgIpc) is 2.31. The van der Waals surface area contributed by atoms with Crippen LogP contribution in [0.4, 0.5) is 0 Å². The summed E-state index contributed by atoms with van der Waals surface area (Å²) >= 11 is 0. The quantitative estimate of drug-likeness (QED) is 0.580. The van der Waals surface area contributed by atoms with Gasteiger partial charge in [-0.25, -0.2) is 4.98 Å². The second-order valence-electron chi connectivity index (χ2n) is 1.94. The highest BCUT2D eigenvalue weighted by Gasteiger charge is 1.96. The molecule has 0 fully saturated rings. The third kappa shape index (κ3) is 1.34. The third-order valence-electron chi connectivity index (χ3n) is 1.23. The number of rotatable bonds is 3. The maximum Gasteiger partial charge on any atom is 0.198 e. The first-order valence-corrected chi connectivity index (χ1v) is 2.96. The summed E-state index contributed by atoms with van der Waals surface area (Å²) < 4.78 is 1.40. The molecule has 0 amide bonds. The predicted octanol–water partition coefficient (Wildman–Crippen LogP) is -0.361. The lowest BCUT2D eigenvalue weighted by atomic mass is 10.3. The summed E-state index contributed by atoms with van der Waals surface area (Å²) in [4.78, 5) is 13.6. The van der Waals surface area contributed by atoms with E-state index in [-0.39, 0.29) is 0 Å². The van der Waals surface area contributed by atoms with E-state index in [1.807, 2.05) is 0 Å². The molecule has 53 valence electrons. The fourth-order valence-electron chi connectivity index (χ4n) is 0.705. The fourth-order valence-corrected chi connectivity index (χ4v) is 0.705. The molecule has 0 aliphatic carbocycles. The highest BCUT2D eigenvalue weighted by Crippen LogP contribution is 1.96. The van der Waals surface area contributed by atoms with E-state index < -0.39 is 0 Å². The van der Waals surface area contributed by atoms with Crippen molar-refractivity contribution in [3.63, 3.8) is 0 Å². The normalized spacial score (nSPS) is 9.60. The smallest absolute Gasteiger partial charge is 0.198 e. The molecule has 0 aliphatic heterocycles. The number of hydrogen-bond acceptors (Lipinski definition) is 3. The van der Waals surface area contributed by atoms with Crippen molar-refractivity contribution in [2.75, 3.05) is 5.84 Å². The fraction of sp³-hybridized carbons (Fsp3) is 0.333. The van der Waals surface area contributed by atoms with Gasteiger partial charge in [0, 0.05) is 6.42 Å². The van der Waals surface area contributed by atoms with E-state index in [1.54, 1.807) is 12.5 Å². The number of carbonyl (C=O) groups excluding carboxylic acids is 1. The SMILES string of the molecule is Nn1cncc1CC[C]=O. The van der Waals surface area contributed by atoms with Crippen LogP contribution in [0.15, 0.2) is 12.5 Å². The zero-order valence-electron chi connectivity index (χ0n) is 5.45. The largest absolute Gasteiger partial charge is 0.338 e. The maximum absolute atomic E-state index is 9.82. The summed E-state index contributed by atoms with van der Waals surface area (Å²) in [6.07, 6.45) is 5.91. The summed E-state index contributed by atoms with van der Waals surface area (Å²) in [5, 5.41) is 0. The first-order valence-electron chi connectivity index (χ1n) is 2.96. The highest BCUT2D eigenvalue weighted by atomic mass is 16.1. The Hall–Kier alpha value is -1.32. The molecule has 1 aromatic heterocycles. The van der Waals surface area contributed by atoms with Crippen LogP contribution in [0.2, 0.25) is 0 Å². The molecule has 0 atom stereocenters. The van der Waals surface area contributed by atoms with Crippen molar-refractivity contribution in [1.29, 1.82) is 0 Å². The minimum atomic E-state index is 0.378.